The Bertz CT molecular complexity index is 2600. The molecule has 3 heteroatoms. The molecule has 0 bridgehead atoms. The number of para-hydroxylation sites is 4. The summed E-state index contributed by atoms with van der Waals surface area (Å²) in [5.74, 6) is 0. The van der Waals surface area contributed by atoms with E-state index in [0.717, 1.165) is 49.6 Å². The third-order valence-corrected chi connectivity index (χ3v) is 8.12. The zero-order valence-electron chi connectivity index (χ0n) is 26.9. The van der Waals surface area contributed by atoms with Crippen molar-refractivity contribution in [2.75, 3.05) is 4.90 Å². The molecule has 0 spiro atoms. The van der Waals surface area contributed by atoms with E-state index in [1.807, 2.05) is 83.8 Å². The van der Waals surface area contributed by atoms with Crippen LogP contribution in [0.4, 0.5) is 17.1 Å². The topological polar surface area (TPSA) is 12.1 Å². The molecule has 0 N–H and O–H groups in total. The Hall–Kier alpha value is -5.54. The van der Waals surface area contributed by atoms with Crippen LogP contribution >= 0.6 is 0 Å². The van der Waals surface area contributed by atoms with Gasteiger partial charge in [-0.1, -0.05) is 103 Å². The lowest BCUT2D eigenvalue weighted by Gasteiger charge is -2.26. The second kappa shape index (κ2) is 8.48. The molecule has 6 aromatic carbocycles. The van der Waals surface area contributed by atoms with Gasteiger partial charge in [-0.15, -0.1) is 0 Å². The number of benzene rings is 6. The molecular formula is C38H25N3. The summed E-state index contributed by atoms with van der Waals surface area (Å²) in [5.41, 5.74) is 8.59. The van der Waals surface area contributed by atoms with Gasteiger partial charge in [0, 0.05) is 27.5 Å². The van der Waals surface area contributed by atoms with Crippen LogP contribution in [-0.4, -0.2) is 8.80 Å². The van der Waals surface area contributed by atoms with E-state index in [2.05, 4.69) is 51.3 Å². The Balaban J connectivity index is 1.43. The molecule has 0 radical (unpaired) electrons. The fourth-order valence-corrected chi connectivity index (χ4v) is 6.45. The van der Waals surface area contributed by atoms with Crippen molar-refractivity contribution in [1.29, 1.82) is 0 Å². The first kappa shape index (κ1) is 17.9. The fraction of sp³-hybridized carbons (Fsp3) is 0. The summed E-state index contributed by atoms with van der Waals surface area (Å²) in [7, 11) is 0. The molecule has 0 amide bonds. The summed E-state index contributed by atoms with van der Waals surface area (Å²) in [6, 6.07) is 39.1. The van der Waals surface area contributed by atoms with Crippen molar-refractivity contribution in [3.8, 4) is 11.1 Å². The summed E-state index contributed by atoms with van der Waals surface area (Å²) in [5, 5.41) is 3.46. The van der Waals surface area contributed by atoms with Gasteiger partial charge in [0.1, 0.15) is 5.65 Å². The zero-order valence-corrected chi connectivity index (χ0v) is 21.9. The van der Waals surface area contributed by atoms with Crippen molar-refractivity contribution in [3.05, 3.63) is 152 Å². The first-order chi connectivity index (χ1) is 22.5. The van der Waals surface area contributed by atoms with Crippen molar-refractivity contribution in [2.24, 2.45) is 0 Å². The van der Waals surface area contributed by atoms with Crippen LogP contribution < -0.4 is 4.90 Å². The average Bonchev–Trinajstić information content (AvgIpc) is 3.74. The predicted octanol–water partition coefficient (Wildman–Crippen LogP) is 10.2. The first-order valence-electron chi connectivity index (χ1n) is 16.1. The highest BCUT2D eigenvalue weighted by Crippen LogP contribution is 2.45. The number of nitrogens with zero attached hydrogens (tertiary/aromatic N) is 3. The Labute approximate surface area is 244 Å². The molecule has 0 aliphatic carbocycles. The van der Waals surface area contributed by atoms with Gasteiger partial charge in [-0.3, -0.25) is 8.80 Å². The van der Waals surface area contributed by atoms with Gasteiger partial charge in [0.15, 0.2) is 0 Å². The number of hydrogen-bond acceptors (Lipinski definition) is 1. The van der Waals surface area contributed by atoms with Gasteiger partial charge in [-0.25, -0.2) is 0 Å². The second-order valence-electron chi connectivity index (χ2n) is 10.3. The normalized spacial score (nSPS) is 13.6. The lowest BCUT2D eigenvalue weighted by molar-refractivity contribution is 1.26. The smallest absolute Gasteiger partial charge is 0.131 e. The van der Waals surface area contributed by atoms with Crippen LogP contribution in [0.2, 0.25) is 0 Å². The Morgan fingerprint density at radius 3 is 1.83 bits per heavy atom. The van der Waals surface area contributed by atoms with Crippen LogP contribution in [-0.2, 0) is 0 Å². The van der Waals surface area contributed by atoms with Gasteiger partial charge < -0.3 is 4.90 Å². The third-order valence-electron chi connectivity index (χ3n) is 8.12. The highest BCUT2D eigenvalue weighted by molar-refractivity contribution is 6.24. The maximum atomic E-state index is 9.03. The van der Waals surface area contributed by atoms with Crippen LogP contribution in [0, 0.1) is 0 Å². The molecule has 9 rings (SSSR count). The van der Waals surface area contributed by atoms with Gasteiger partial charge in [0.25, 0.3) is 0 Å². The lowest BCUT2D eigenvalue weighted by Crippen LogP contribution is -2.10. The van der Waals surface area contributed by atoms with Gasteiger partial charge in [0.05, 0.1) is 34.6 Å². The van der Waals surface area contributed by atoms with E-state index in [1.165, 1.54) is 5.39 Å². The summed E-state index contributed by atoms with van der Waals surface area (Å²) in [6.45, 7) is 0. The van der Waals surface area contributed by atoms with Crippen molar-refractivity contribution in [3.63, 3.8) is 0 Å². The number of aromatic nitrogens is 2. The van der Waals surface area contributed by atoms with Crippen LogP contribution in [0.1, 0.15) is 6.85 Å². The van der Waals surface area contributed by atoms with E-state index in [-0.39, 0.29) is 29.9 Å². The molecule has 0 atom stereocenters. The molecule has 3 heterocycles. The number of hydrogen-bond donors (Lipinski definition) is 0. The standard InChI is InChI=1S/C38H25N3/c1-3-12-26(13-4-1)27-22-24-29(25-23-27)39(28-14-5-2-6-15-28)34-20-11-21-35-37(34)41-33-19-10-8-17-31(33)36-30-16-7-9-18-32(30)40(35)38(36)41/h1-25H/i2D,5D,6D,14D,15D. The third kappa shape index (κ3) is 3.09. The lowest BCUT2D eigenvalue weighted by atomic mass is 10.0. The number of rotatable bonds is 4. The highest BCUT2D eigenvalue weighted by atomic mass is 15.2. The summed E-state index contributed by atoms with van der Waals surface area (Å²) in [4.78, 5) is 1.82. The molecule has 192 valence electrons. The van der Waals surface area contributed by atoms with Crippen molar-refractivity contribution >= 4 is 60.9 Å². The Morgan fingerprint density at radius 1 is 0.488 bits per heavy atom. The molecule has 0 unspecified atom stereocenters. The van der Waals surface area contributed by atoms with E-state index in [0.29, 0.717) is 11.4 Å². The quantitative estimate of drug-likeness (QED) is 0.221. The minimum atomic E-state index is -0.420. The van der Waals surface area contributed by atoms with Crippen LogP contribution in [0.15, 0.2) is 152 Å². The molecule has 0 aliphatic rings. The largest absolute Gasteiger partial charge is 0.308 e. The van der Waals surface area contributed by atoms with Gasteiger partial charge in [-0.05, 0) is 59.6 Å². The van der Waals surface area contributed by atoms with E-state index in [1.54, 1.807) is 0 Å². The van der Waals surface area contributed by atoms with Crippen molar-refractivity contribution in [2.45, 2.75) is 0 Å². The van der Waals surface area contributed by atoms with Crippen LogP contribution in [0.25, 0.3) is 55.0 Å². The summed E-state index contributed by atoms with van der Waals surface area (Å²) in [6.07, 6.45) is 0. The number of fused-ring (bicyclic) bond motifs is 9. The second-order valence-corrected chi connectivity index (χ2v) is 10.3. The predicted molar refractivity (Wildman–Crippen MR) is 172 cm³/mol. The summed E-state index contributed by atoms with van der Waals surface area (Å²) < 4.78 is 48.0. The molecule has 3 nitrogen and oxygen atoms in total. The molecule has 0 aliphatic heterocycles. The number of imidazole rings is 1. The molecule has 0 saturated heterocycles. The number of anilines is 3. The molecule has 0 fully saturated rings. The van der Waals surface area contributed by atoms with E-state index in [4.69, 9.17) is 6.85 Å². The van der Waals surface area contributed by atoms with Gasteiger partial charge in [0.2, 0.25) is 0 Å². The molecule has 41 heavy (non-hydrogen) atoms. The first-order valence-corrected chi connectivity index (χ1v) is 13.6. The Kier molecular flexibility index (Phi) is 3.71. The van der Waals surface area contributed by atoms with Crippen LogP contribution in [0.3, 0.4) is 0 Å². The van der Waals surface area contributed by atoms with Gasteiger partial charge >= 0.3 is 0 Å². The fourth-order valence-electron chi connectivity index (χ4n) is 6.45. The molecule has 9 aromatic rings. The Morgan fingerprint density at radius 2 is 1.10 bits per heavy atom. The SMILES string of the molecule is [2H]c1c([2H])c([2H])c(N(c2ccc(-c3ccccc3)cc2)c2cccc3c2n2c4ccccc4c4c5ccccc5n3c42)c([2H])c1[2H]. The van der Waals surface area contributed by atoms with Crippen LogP contribution in [0.5, 0.6) is 0 Å². The molecular weight excluding hydrogens is 498 g/mol. The average molecular weight is 529 g/mol. The minimum Gasteiger partial charge on any atom is -0.308 e. The minimum absolute atomic E-state index is 0.0982. The maximum Gasteiger partial charge on any atom is 0.131 e. The maximum absolute atomic E-state index is 9.03. The summed E-state index contributed by atoms with van der Waals surface area (Å²) >= 11 is 0. The monoisotopic (exact) mass is 528 g/mol. The van der Waals surface area contributed by atoms with E-state index in [9.17, 15) is 0 Å². The van der Waals surface area contributed by atoms with Crippen molar-refractivity contribution < 1.29 is 6.85 Å². The van der Waals surface area contributed by atoms with Gasteiger partial charge in [-0.2, -0.15) is 0 Å². The van der Waals surface area contributed by atoms with E-state index >= 15 is 0 Å². The molecule has 3 aromatic heterocycles. The molecule has 0 saturated carbocycles. The van der Waals surface area contributed by atoms with E-state index < -0.39 is 6.04 Å². The van der Waals surface area contributed by atoms with Crippen molar-refractivity contribution in [1.82, 2.24) is 8.80 Å². The highest BCUT2D eigenvalue weighted by Gasteiger charge is 2.25. The zero-order chi connectivity index (χ0) is 31.3.